The van der Waals surface area contributed by atoms with E-state index in [2.05, 4.69) is 10.2 Å². The molecule has 0 N–H and O–H groups in total. The highest BCUT2D eigenvalue weighted by molar-refractivity contribution is 5.93. The summed E-state index contributed by atoms with van der Waals surface area (Å²) in [5.41, 5.74) is -0.135. The largest absolute Gasteiger partial charge is 0.480 e. The number of ether oxygens (including phenoxy) is 2. The van der Waals surface area contributed by atoms with E-state index in [4.69, 9.17) is 13.9 Å². The Morgan fingerprint density at radius 2 is 2.04 bits per heavy atom. The van der Waals surface area contributed by atoms with Crippen LogP contribution < -0.4 is 15.1 Å². The molecule has 0 aromatic carbocycles. The molecule has 1 saturated heterocycles. The maximum atomic E-state index is 12.5. The van der Waals surface area contributed by atoms with Gasteiger partial charge in [-0.15, -0.1) is 10.2 Å². The van der Waals surface area contributed by atoms with E-state index in [1.807, 2.05) is 0 Å². The number of methoxy groups -OCH3 is 1. The number of likely N-dealkylation sites (tertiary alicyclic amines) is 1. The second-order valence-corrected chi connectivity index (χ2v) is 5.39. The smallest absolute Gasteiger partial charge is 0.335 e. The average molecular weight is 331 g/mol. The summed E-state index contributed by atoms with van der Waals surface area (Å²) in [6.07, 6.45) is 2.66. The van der Waals surface area contributed by atoms with Crippen LogP contribution >= 0.6 is 0 Å². The van der Waals surface area contributed by atoms with E-state index in [-0.39, 0.29) is 12.0 Å². The lowest BCUT2D eigenvalue weighted by Crippen LogP contribution is -2.44. The van der Waals surface area contributed by atoms with Gasteiger partial charge in [0.25, 0.3) is 5.91 Å². The third-order valence-corrected chi connectivity index (χ3v) is 3.73. The number of hydrogen-bond donors (Lipinski definition) is 0. The Kier molecular flexibility index (Phi) is 4.74. The lowest BCUT2D eigenvalue weighted by molar-refractivity contribution is 0.0523. The van der Waals surface area contributed by atoms with E-state index in [0.717, 1.165) is 12.8 Å². The van der Waals surface area contributed by atoms with Crippen LogP contribution in [0.4, 0.5) is 0 Å². The van der Waals surface area contributed by atoms with Gasteiger partial charge in [0.2, 0.25) is 11.8 Å². The lowest BCUT2D eigenvalue weighted by Gasteiger charge is -2.32. The van der Waals surface area contributed by atoms with Crippen molar-refractivity contribution < 1.29 is 18.7 Å². The monoisotopic (exact) mass is 331 g/mol. The molecule has 0 saturated carbocycles. The molecular formula is C16H17N3O5. The molecule has 1 atom stereocenters. The Morgan fingerprint density at radius 1 is 1.25 bits per heavy atom. The molecule has 24 heavy (non-hydrogen) atoms. The summed E-state index contributed by atoms with van der Waals surface area (Å²) < 4.78 is 15.5. The number of hydrogen-bond acceptors (Lipinski definition) is 7. The molecule has 1 fully saturated rings. The molecule has 1 aliphatic rings. The molecule has 1 unspecified atom stereocenters. The minimum Gasteiger partial charge on any atom is -0.480 e. The van der Waals surface area contributed by atoms with Gasteiger partial charge in [0.05, 0.1) is 19.2 Å². The molecule has 2 aromatic heterocycles. The third kappa shape index (κ3) is 3.70. The third-order valence-electron chi connectivity index (χ3n) is 3.73. The van der Waals surface area contributed by atoms with Gasteiger partial charge >= 0.3 is 5.63 Å². The van der Waals surface area contributed by atoms with Gasteiger partial charge in [-0.2, -0.15) is 0 Å². The zero-order valence-corrected chi connectivity index (χ0v) is 13.2. The van der Waals surface area contributed by atoms with Crippen molar-refractivity contribution in [3.63, 3.8) is 0 Å². The lowest BCUT2D eigenvalue weighted by atomic mass is 10.1. The standard InChI is InChI=1S/C16H17N3O5/c1-22-13-5-6-14(18-17-13)24-12-3-2-8-19(9-12)16(21)11-4-7-15(20)23-10-11/h4-7,10,12H,2-3,8-9H2,1H3. The van der Waals surface area contributed by atoms with Crippen LogP contribution in [-0.2, 0) is 0 Å². The van der Waals surface area contributed by atoms with Crippen molar-refractivity contribution in [3.8, 4) is 11.8 Å². The maximum absolute atomic E-state index is 12.5. The molecule has 3 rings (SSSR count). The maximum Gasteiger partial charge on any atom is 0.335 e. The van der Waals surface area contributed by atoms with Crippen molar-refractivity contribution in [2.24, 2.45) is 0 Å². The van der Waals surface area contributed by atoms with Crippen LogP contribution in [0, 0.1) is 0 Å². The highest BCUT2D eigenvalue weighted by Crippen LogP contribution is 2.19. The van der Waals surface area contributed by atoms with Crippen molar-refractivity contribution in [2.75, 3.05) is 20.2 Å². The first kappa shape index (κ1) is 16.0. The molecule has 8 nitrogen and oxygen atoms in total. The van der Waals surface area contributed by atoms with Crippen molar-refractivity contribution in [1.29, 1.82) is 0 Å². The van der Waals surface area contributed by atoms with Crippen molar-refractivity contribution in [1.82, 2.24) is 15.1 Å². The normalized spacial score (nSPS) is 17.4. The first-order chi connectivity index (χ1) is 11.7. The quantitative estimate of drug-likeness (QED) is 0.828. The van der Waals surface area contributed by atoms with Crippen LogP contribution in [0.1, 0.15) is 23.2 Å². The van der Waals surface area contributed by atoms with E-state index in [1.54, 1.807) is 17.0 Å². The summed E-state index contributed by atoms with van der Waals surface area (Å²) in [5.74, 6) is 0.613. The van der Waals surface area contributed by atoms with E-state index < -0.39 is 5.63 Å². The number of rotatable bonds is 4. The summed E-state index contributed by atoms with van der Waals surface area (Å²) >= 11 is 0. The topological polar surface area (TPSA) is 94.8 Å². The molecule has 1 amide bonds. The number of carbonyl (C=O) groups is 1. The fraction of sp³-hybridized carbons (Fsp3) is 0.375. The zero-order chi connectivity index (χ0) is 16.9. The molecule has 0 spiro atoms. The minimum absolute atomic E-state index is 0.166. The van der Waals surface area contributed by atoms with E-state index in [1.165, 1.54) is 25.5 Å². The molecule has 3 heterocycles. The molecule has 0 bridgehead atoms. The van der Waals surface area contributed by atoms with Crippen LogP contribution in [0.2, 0.25) is 0 Å². The summed E-state index contributed by atoms with van der Waals surface area (Å²) in [6.45, 7) is 1.07. The number of piperidine rings is 1. The van der Waals surface area contributed by atoms with Crippen LogP contribution in [-0.4, -0.2) is 47.3 Å². The molecule has 1 aliphatic heterocycles. The molecule has 0 radical (unpaired) electrons. The van der Waals surface area contributed by atoms with Gasteiger partial charge in [0.15, 0.2) is 0 Å². The van der Waals surface area contributed by atoms with E-state index >= 15 is 0 Å². The number of amides is 1. The summed E-state index contributed by atoms with van der Waals surface area (Å²) in [4.78, 5) is 25.1. The van der Waals surface area contributed by atoms with Gasteiger partial charge in [-0.1, -0.05) is 0 Å². The van der Waals surface area contributed by atoms with Crippen LogP contribution in [0.3, 0.4) is 0 Å². The predicted molar refractivity (Wildman–Crippen MR) is 83.1 cm³/mol. The van der Waals surface area contributed by atoms with Crippen LogP contribution in [0.25, 0.3) is 0 Å². The molecule has 126 valence electrons. The highest BCUT2D eigenvalue weighted by Gasteiger charge is 2.26. The fourth-order valence-corrected chi connectivity index (χ4v) is 2.53. The zero-order valence-electron chi connectivity index (χ0n) is 13.2. The van der Waals surface area contributed by atoms with E-state index in [9.17, 15) is 9.59 Å². The van der Waals surface area contributed by atoms with Crippen molar-refractivity contribution >= 4 is 5.91 Å². The average Bonchev–Trinajstić information content (AvgIpc) is 2.63. The first-order valence-electron chi connectivity index (χ1n) is 7.58. The second-order valence-electron chi connectivity index (χ2n) is 5.39. The Labute approximate surface area is 138 Å². The van der Waals surface area contributed by atoms with E-state index in [0.29, 0.717) is 30.4 Å². The predicted octanol–water partition coefficient (Wildman–Crippen LogP) is 1.12. The Balaban J connectivity index is 1.64. The molecule has 0 aliphatic carbocycles. The Morgan fingerprint density at radius 3 is 2.71 bits per heavy atom. The number of aromatic nitrogens is 2. The van der Waals surface area contributed by atoms with Crippen molar-refractivity contribution in [3.05, 3.63) is 46.5 Å². The van der Waals surface area contributed by atoms with Gasteiger partial charge in [-0.05, 0) is 18.9 Å². The Bertz CT molecular complexity index is 739. The van der Waals surface area contributed by atoms with Crippen LogP contribution in [0.15, 0.2) is 39.7 Å². The summed E-state index contributed by atoms with van der Waals surface area (Å²) in [7, 11) is 1.51. The SMILES string of the molecule is COc1ccc(OC2CCCN(C(=O)c3ccc(=O)oc3)C2)nn1. The van der Waals surface area contributed by atoms with Gasteiger partial charge in [-0.3, -0.25) is 4.79 Å². The van der Waals surface area contributed by atoms with Crippen molar-refractivity contribution in [2.45, 2.75) is 18.9 Å². The van der Waals surface area contributed by atoms with Crippen LogP contribution in [0.5, 0.6) is 11.8 Å². The molecule has 2 aromatic rings. The number of carbonyl (C=O) groups excluding carboxylic acids is 1. The first-order valence-corrected chi connectivity index (χ1v) is 7.58. The Hall–Kier alpha value is -2.90. The summed E-state index contributed by atoms with van der Waals surface area (Å²) in [5, 5.41) is 7.78. The van der Waals surface area contributed by atoms with Gasteiger partial charge in [0.1, 0.15) is 12.4 Å². The fourth-order valence-electron chi connectivity index (χ4n) is 2.53. The summed E-state index contributed by atoms with van der Waals surface area (Å²) in [6, 6.07) is 6.05. The van der Waals surface area contributed by atoms with Gasteiger partial charge < -0.3 is 18.8 Å². The van der Waals surface area contributed by atoms with Gasteiger partial charge in [0, 0.05) is 24.7 Å². The second kappa shape index (κ2) is 7.12. The molecular weight excluding hydrogens is 314 g/mol. The highest BCUT2D eigenvalue weighted by atomic mass is 16.5. The van der Waals surface area contributed by atoms with Gasteiger partial charge in [-0.25, -0.2) is 4.79 Å². The minimum atomic E-state index is -0.482. The molecule has 8 heteroatoms. The number of nitrogens with zero attached hydrogens (tertiary/aromatic N) is 3.